The molecule has 0 saturated heterocycles. The molecule has 2 unspecified atom stereocenters. The molecule has 0 aliphatic rings. The van der Waals surface area contributed by atoms with E-state index in [1.54, 1.807) is 0 Å². The normalized spacial score (nSPS) is 13.9. The number of hydrogen-bond acceptors (Lipinski definition) is 8. The van der Waals surface area contributed by atoms with Crippen LogP contribution in [0.25, 0.3) is 0 Å². The van der Waals surface area contributed by atoms with E-state index in [4.69, 9.17) is 18.5 Å². The van der Waals surface area contributed by atoms with Gasteiger partial charge in [-0.15, -0.1) is 0 Å². The Kier molecular flexibility index (Phi) is 55.3. The van der Waals surface area contributed by atoms with E-state index in [0.29, 0.717) is 17.4 Å². The summed E-state index contributed by atoms with van der Waals surface area (Å²) in [5.74, 6) is -0.840. The van der Waals surface area contributed by atoms with Crippen molar-refractivity contribution in [1.82, 2.24) is 0 Å². The highest BCUT2D eigenvalue weighted by Gasteiger charge is 2.22. The Morgan fingerprint density at radius 1 is 0.416 bits per heavy atom. The van der Waals surface area contributed by atoms with Gasteiger partial charge in [-0.25, -0.2) is 0 Å². The lowest BCUT2D eigenvalue weighted by Gasteiger charge is -2.28. The number of carbonyl (C=O) groups is 2. The molecule has 0 aliphatic carbocycles. The summed E-state index contributed by atoms with van der Waals surface area (Å²) in [7, 11) is 1.16. The number of rotatable bonds is 57. The number of quaternary nitrogens is 1. The van der Waals surface area contributed by atoms with Gasteiger partial charge in [-0.05, 0) is 96.3 Å². The molecular formula is C67H118NO8P. The molecule has 10 heteroatoms. The van der Waals surface area contributed by atoms with Gasteiger partial charge in [0.25, 0.3) is 7.82 Å². The summed E-state index contributed by atoms with van der Waals surface area (Å²) in [6.07, 6.45) is 79.2. The van der Waals surface area contributed by atoms with Crippen LogP contribution in [0.4, 0.5) is 0 Å². The maximum absolute atomic E-state index is 12.8. The fourth-order valence-corrected chi connectivity index (χ4v) is 9.24. The van der Waals surface area contributed by atoms with E-state index in [2.05, 4.69) is 111 Å². The second-order valence-corrected chi connectivity index (χ2v) is 23.4. The van der Waals surface area contributed by atoms with Crippen molar-refractivity contribution in [2.24, 2.45) is 0 Å². The second-order valence-electron chi connectivity index (χ2n) is 22.0. The minimum Gasteiger partial charge on any atom is -0.756 e. The Balaban J connectivity index is 3.92. The molecule has 0 saturated carbocycles. The zero-order valence-electron chi connectivity index (χ0n) is 50.4. The van der Waals surface area contributed by atoms with Crippen LogP contribution >= 0.6 is 7.82 Å². The van der Waals surface area contributed by atoms with Crippen molar-refractivity contribution in [2.45, 2.75) is 270 Å². The van der Waals surface area contributed by atoms with E-state index >= 15 is 0 Å². The third kappa shape index (κ3) is 62.0. The van der Waals surface area contributed by atoms with Crippen LogP contribution in [-0.2, 0) is 32.7 Å². The summed E-state index contributed by atoms with van der Waals surface area (Å²) in [5.41, 5.74) is 0. The maximum atomic E-state index is 12.8. The Labute approximate surface area is 474 Å². The monoisotopic (exact) mass is 1100 g/mol. The van der Waals surface area contributed by atoms with Gasteiger partial charge in [0.05, 0.1) is 27.7 Å². The summed E-state index contributed by atoms with van der Waals surface area (Å²) in [4.78, 5) is 37.8. The van der Waals surface area contributed by atoms with Crippen LogP contribution in [0.15, 0.2) is 97.2 Å². The van der Waals surface area contributed by atoms with Gasteiger partial charge < -0.3 is 27.9 Å². The van der Waals surface area contributed by atoms with Crippen LogP contribution in [0.3, 0.4) is 0 Å². The minimum absolute atomic E-state index is 0.0333. The van der Waals surface area contributed by atoms with E-state index in [9.17, 15) is 19.0 Å². The Morgan fingerprint density at radius 3 is 1.12 bits per heavy atom. The van der Waals surface area contributed by atoms with Crippen LogP contribution in [0.5, 0.6) is 0 Å². The van der Waals surface area contributed by atoms with E-state index in [0.717, 1.165) is 103 Å². The van der Waals surface area contributed by atoms with Gasteiger partial charge in [0.2, 0.25) is 0 Å². The predicted octanol–water partition coefficient (Wildman–Crippen LogP) is 19.4. The van der Waals surface area contributed by atoms with Crippen LogP contribution in [-0.4, -0.2) is 70.0 Å². The molecule has 0 N–H and O–H groups in total. The fraction of sp³-hybridized carbons (Fsp3) is 0.731. The Bertz CT molecular complexity index is 1620. The molecule has 9 nitrogen and oxygen atoms in total. The predicted molar refractivity (Wildman–Crippen MR) is 328 cm³/mol. The molecule has 77 heavy (non-hydrogen) atoms. The van der Waals surface area contributed by atoms with Gasteiger partial charge in [-0.2, -0.15) is 0 Å². The summed E-state index contributed by atoms with van der Waals surface area (Å²) in [6.45, 7) is 4.09. The van der Waals surface area contributed by atoms with Crippen molar-refractivity contribution in [1.29, 1.82) is 0 Å². The van der Waals surface area contributed by atoms with Crippen molar-refractivity contribution < 1.29 is 42.1 Å². The van der Waals surface area contributed by atoms with Crippen molar-refractivity contribution >= 4 is 19.8 Å². The average molecular weight is 1100 g/mol. The highest BCUT2D eigenvalue weighted by atomic mass is 31.2. The SMILES string of the molecule is CC/C=C\C/C=C\C/C=C\C/C=C\C/C=C\C/C=C\C/C=C\CCCCCCCCCCCCCCCCCCCCCC(=O)OC(COC(=O)CCCCCCC/C=C\CCCCC)COP(=O)([O-])OCC[N+](C)(C)C. The van der Waals surface area contributed by atoms with Crippen LogP contribution in [0.1, 0.15) is 264 Å². The highest BCUT2D eigenvalue weighted by molar-refractivity contribution is 7.45. The third-order valence-corrected chi connectivity index (χ3v) is 14.3. The van der Waals surface area contributed by atoms with Crippen molar-refractivity contribution in [3.8, 4) is 0 Å². The molecule has 0 aliphatic heterocycles. The summed E-state index contributed by atoms with van der Waals surface area (Å²) in [5, 5.41) is 0. The van der Waals surface area contributed by atoms with Crippen molar-refractivity contribution in [3.63, 3.8) is 0 Å². The van der Waals surface area contributed by atoms with Crippen molar-refractivity contribution in [3.05, 3.63) is 97.2 Å². The molecule has 0 amide bonds. The summed E-state index contributed by atoms with van der Waals surface area (Å²) in [6, 6.07) is 0. The van der Waals surface area contributed by atoms with E-state index < -0.39 is 32.5 Å². The van der Waals surface area contributed by atoms with Gasteiger partial charge in [0.1, 0.15) is 19.8 Å². The molecule has 0 radical (unpaired) electrons. The molecule has 0 spiro atoms. The van der Waals surface area contributed by atoms with E-state index in [-0.39, 0.29) is 26.1 Å². The van der Waals surface area contributed by atoms with Crippen LogP contribution < -0.4 is 4.89 Å². The topological polar surface area (TPSA) is 111 Å². The first-order chi connectivity index (χ1) is 37.5. The van der Waals surface area contributed by atoms with Gasteiger partial charge >= 0.3 is 11.9 Å². The summed E-state index contributed by atoms with van der Waals surface area (Å²) < 4.78 is 34.1. The average Bonchev–Trinajstić information content (AvgIpc) is 3.39. The molecule has 0 aromatic heterocycles. The molecular weight excluding hydrogens is 978 g/mol. The van der Waals surface area contributed by atoms with E-state index in [1.165, 1.54) is 128 Å². The number of phosphoric ester groups is 1. The number of unbranched alkanes of at least 4 members (excludes halogenated alkanes) is 27. The Morgan fingerprint density at radius 2 is 0.740 bits per heavy atom. The van der Waals surface area contributed by atoms with Crippen molar-refractivity contribution in [2.75, 3.05) is 47.5 Å². The number of ether oxygens (including phenoxy) is 2. The maximum Gasteiger partial charge on any atom is 0.306 e. The second kappa shape index (κ2) is 57.6. The number of likely N-dealkylation sites (N-methyl/N-ethyl adjacent to an activating group) is 1. The first kappa shape index (κ1) is 73.9. The fourth-order valence-electron chi connectivity index (χ4n) is 8.51. The first-order valence-electron chi connectivity index (χ1n) is 31.4. The molecule has 0 rings (SSSR count). The standard InChI is InChI=1S/C67H118NO8P/c1-6-8-10-12-14-16-18-20-21-22-23-24-25-26-27-28-29-30-31-32-33-34-35-36-37-38-39-40-41-42-43-44-45-46-47-48-50-52-54-56-58-60-67(70)76-65(64-75-77(71,72)74-62-61-68(3,4)5)63-73-66(69)59-57-55-53-51-49-19-17-15-13-11-9-7-2/h8,10,14-17,20-21,23-24,26-27,29-30,32-33,65H,6-7,9,11-13,18-19,22,25,28,31,34-64H2,1-5H3/b10-8-,16-14-,17-15-,21-20-,24-23-,27-26-,30-29-,33-32-. The zero-order valence-corrected chi connectivity index (χ0v) is 51.3. The number of allylic oxidation sites excluding steroid dienone is 16. The lowest BCUT2D eigenvalue weighted by molar-refractivity contribution is -0.870. The lowest BCUT2D eigenvalue weighted by atomic mass is 10.0. The number of phosphoric acid groups is 1. The molecule has 0 fully saturated rings. The molecule has 0 aromatic carbocycles. The number of nitrogens with zero attached hydrogens (tertiary/aromatic N) is 1. The van der Waals surface area contributed by atoms with Gasteiger partial charge in [-0.3, -0.25) is 14.2 Å². The number of hydrogen-bond donors (Lipinski definition) is 0. The number of carbonyl (C=O) groups excluding carboxylic acids is 2. The zero-order chi connectivity index (χ0) is 56.3. The van der Waals surface area contributed by atoms with Gasteiger partial charge in [0, 0.05) is 12.8 Å². The quantitative estimate of drug-likeness (QED) is 0.0195. The smallest absolute Gasteiger partial charge is 0.306 e. The Hall–Kier alpha value is -3.07. The largest absolute Gasteiger partial charge is 0.756 e. The summed E-state index contributed by atoms with van der Waals surface area (Å²) >= 11 is 0. The van der Waals surface area contributed by atoms with Gasteiger partial charge in [0.15, 0.2) is 6.10 Å². The highest BCUT2D eigenvalue weighted by Crippen LogP contribution is 2.38. The first-order valence-corrected chi connectivity index (χ1v) is 32.9. The van der Waals surface area contributed by atoms with Crippen LogP contribution in [0.2, 0.25) is 0 Å². The number of esters is 2. The van der Waals surface area contributed by atoms with E-state index in [1.807, 2.05) is 21.1 Å². The molecule has 0 bridgehead atoms. The lowest BCUT2D eigenvalue weighted by Crippen LogP contribution is -2.37. The molecule has 0 heterocycles. The molecule has 444 valence electrons. The van der Waals surface area contributed by atoms with Crippen LogP contribution in [0, 0.1) is 0 Å². The molecule has 2 atom stereocenters. The molecule has 0 aromatic rings. The minimum atomic E-state index is -4.64. The van der Waals surface area contributed by atoms with Gasteiger partial charge in [-0.1, -0.05) is 252 Å². The third-order valence-electron chi connectivity index (χ3n) is 13.3.